The third-order valence-electron chi connectivity index (χ3n) is 4.18. The zero-order valence-electron chi connectivity index (χ0n) is 16.4. The maximum absolute atomic E-state index is 12.9. The first-order chi connectivity index (χ1) is 12.3. The molecule has 0 fully saturated rings. The van der Waals surface area contributed by atoms with Crippen LogP contribution >= 0.6 is 11.6 Å². The molecule has 0 saturated heterocycles. The fraction of sp³-hybridized carbons (Fsp3) is 0.500. The Labute approximate surface area is 161 Å². The standard InChI is InChI=1S/C20H29ClN4O/c1-6-18-19(20(26)22-10-11-24(4)5)17(12-14(2)3)23-25(18)16-9-7-8-15(21)13-16/h7-9,13-14H,6,10-12H2,1-5H3,(H,22,26)/p+1. The molecular weight excluding hydrogens is 348 g/mol. The minimum absolute atomic E-state index is 0.0352. The van der Waals surface area contributed by atoms with Gasteiger partial charge < -0.3 is 10.2 Å². The number of nitrogens with zero attached hydrogens (tertiary/aromatic N) is 2. The third kappa shape index (κ3) is 5.08. The minimum atomic E-state index is -0.0352. The predicted molar refractivity (Wildman–Crippen MR) is 107 cm³/mol. The first kappa shape index (κ1) is 20.5. The van der Waals surface area contributed by atoms with Gasteiger partial charge in [0.1, 0.15) is 0 Å². The van der Waals surface area contributed by atoms with Crippen molar-refractivity contribution in [3.63, 3.8) is 0 Å². The van der Waals surface area contributed by atoms with Crippen LogP contribution in [-0.4, -0.2) is 42.9 Å². The monoisotopic (exact) mass is 377 g/mol. The van der Waals surface area contributed by atoms with Gasteiger partial charge >= 0.3 is 0 Å². The van der Waals surface area contributed by atoms with E-state index in [0.29, 0.717) is 17.5 Å². The van der Waals surface area contributed by atoms with Crippen LogP contribution in [0.4, 0.5) is 0 Å². The van der Waals surface area contributed by atoms with Crippen molar-refractivity contribution in [2.75, 3.05) is 27.2 Å². The van der Waals surface area contributed by atoms with Crippen molar-refractivity contribution in [2.45, 2.75) is 33.6 Å². The van der Waals surface area contributed by atoms with Gasteiger partial charge in [0.2, 0.25) is 0 Å². The molecule has 0 bridgehead atoms. The zero-order chi connectivity index (χ0) is 19.3. The molecule has 1 amide bonds. The summed E-state index contributed by atoms with van der Waals surface area (Å²) in [6.07, 6.45) is 1.49. The molecular formula is C20H30ClN4O+. The summed E-state index contributed by atoms with van der Waals surface area (Å²) in [6.45, 7) is 7.86. The molecule has 1 aromatic carbocycles. The fourth-order valence-corrected chi connectivity index (χ4v) is 3.14. The van der Waals surface area contributed by atoms with E-state index in [2.05, 4.69) is 40.2 Å². The second-order valence-electron chi connectivity index (χ2n) is 7.32. The highest BCUT2D eigenvalue weighted by Crippen LogP contribution is 2.23. The fourth-order valence-electron chi connectivity index (χ4n) is 2.96. The molecule has 0 unspecified atom stereocenters. The van der Waals surface area contributed by atoms with E-state index in [-0.39, 0.29) is 5.91 Å². The van der Waals surface area contributed by atoms with E-state index >= 15 is 0 Å². The van der Waals surface area contributed by atoms with Crippen LogP contribution in [0.2, 0.25) is 5.02 Å². The number of amides is 1. The summed E-state index contributed by atoms with van der Waals surface area (Å²) in [7, 11) is 4.15. The molecule has 0 spiro atoms. The highest BCUT2D eigenvalue weighted by atomic mass is 35.5. The molecule has 1 aromatic heterocycles. The molecule has 2 N–H and O–H groups in total. The van der Waals surface area contributed by atoms with E-state index in [1.807, 2.05) is 28.9 Å². The van der Waals surface area contributed by atoms with Gasteiger partial charge in [0.05, 0.1) is 49.8 Å². The molecule has 2 rings (SSSR count). The van der Waals surface area contributed by atoms with E-state index in [0.717, 1.165) is 42.0 Å². The van der Waals surface area contributed by atoms with E-state index in [1.165, 1.54) is 4.90 Å². The van der Waals surface area contributed by atoms with Crippen molar-refractivity contribution < 1.29 is 9.69 Å². The average molecular weight is 378 g/mol. The number of halogens is 1. The lowest BCUT2D eigenvalue weighted by molar-refractivity contribution is -0.856. The Hall–Kier alpha value is -1.85. The van der Waals surface area contributed by atoms with E-state index in [9.17, 15) is 4.79 Å². The SMILES string of the molecule is CCc1c(C(=O)NCC[NH+](C)C)c(CC(C)C)nn1-c1cccc(Cl)c1. The first-order valence-corrected chi connectivity index (χ1v) is 9.65. The maximum atomic E-state index is 12.9. The van der Waals surface area contributed by atoms with Crippen LogP contribution < -0.4 is 10.2 Å². The summed E-state index contributed by atoms with van der Waals surface area (Å²) >= 11 is 6.16. The minimum Gasteiger partial charge on any atom is -0.346 e. The average Bonchev–Trinajstić information content (AvgIpc) is 2.92. The Bertz CT molecular complexity index is 752. The van der Waals surface area contributed by atoms with Gasteiger partial charge in [-0.3, -0.25) is 4.79 Å². The van der Waals surface area contributed by atoms with Crippen LogP contribution in [-0.2, 0) is 12.8 Å². The number of benzene rings is 1. The highest BCUT2D eigenvalue weighted by Gasteiger charge is 2.24. The summed E-state index contributed by atoms with van der Waals surface area (Å²) in [5.74, 6) is 0.382. The largest absolute Gasteiger partial charge is 0.346 e. The van der Waals surface area contributed by atoms with Gasteiger partial charge in [-0.25, -0.2) is 4.68 Å². The molecule has 0 atom stereocenters. The second kappa shape index (κ2) is 9.19. The zero-order valence-corrected chi connectivity index (χ0v) is 17.2. The molecule has 6 heteroatoms. The van der Waals surface area contributed by atoms with E-state index < -0.39 is 0 Å². The Kier molecular flexibility index (Phi) is 7.23. The van der Waals surface area contributed by atoms with Gasteiger partial charge in [-0.1, -0.05) is 38.4 Å². The summed E-state index contributed by atoms with van der Waals surface area (Å²) in [6, 6.07) is 7.59. The summed E-state index contributed by atoms with van der Waals surface area (Å²) < 4.78 is 1.87. The lowest BCUT2D eigenvalue weighted by Gasteiger charge is -2.11. The van der Waals surface area contributed by atoms with Gasteiger partial charge in [0, 0.05) is 5.02 Å². The molecule has 5 nitrogen and oxygen atoms in total. The van der Waals surface area contributed by atoms with Crippen molar-refractivity contribution in [2.24, 2.45) is 5.92 Å². The quantitative estimate of drug-likeness (QED) is 0.740. The van der Waals surface area contributed by atoms with Crippen molar-refractivity contribution in [3.05, 3.63) is 46.2 Å². The molecule has 0 radical (unpaired) electrons. The van der Waals surface area contributed by atoms with Gasteiger partial charge in [-0.15, -0.1) is 0 Å². The Morgan fingerprint density at radius 1 is 1.35 bits per heavy atom. The van der Waals surface area contributed by atoms with E-state index in [4.69, 9.17) is 16.7 Å². The first-order valence-electron chi connectivity index (χ1n) is 9.27. The third-order valence-corrected chi connectivity index (χ3v) is 4.42. The Morgan fingerprint density at radius 2 is 2.08 bits per heavy atom. The van der Waals surface area contributed by atoms with Crippen LogP contribution in [0.25, 0.3) is 5.69 Å². The van der Waals surface area contributed by atoms with Crippen LogP contribution in [0, 0.1) is 5.92 Å². The van der Waals surface area contributed by atoms with Crippen molar-refractivity contribution in [1.29, 1.82) is 0 Å². The summed E-state index contributed by atoms with van der Waals surface area (Å²) in [5, 5.41) is 8.50. The molecule has 0 saturated carbocycles. The predicted octanol–water partition coefficient (Wildman–Crippen LogP) is 2.16. The molecule has 0 aliphatic rings. The van der Waals surface area contributed by atoms with Crippen LogP contribution in [0.3, 0.4) is 0 Å². The Balaban J connectivity index is 2.45. The number of hydrogen-bond acceptors (Lipinski definition) is 2. The smallest absolute Gasteiger partial charge is 0.255 e. The lowest BCUT2D eigenvalue weighted by Crippen LogP contribution is -3.06. The van der Waals surface area contributed by atoms with Crippen molar-refractivity contribution in [3.8, 4) is 5.69 Å². The van der Waals surface area contributed by atoms with E-state index in [1.54, 1.807) is 0 Å². The Morgan fingerprint density at radius 3 is 2.65 bits per heavy atom. The van der Waals surface area contributed by atoms with Gasteiger partial charge in [0.25, 0.3) is 5.91 Å². The second-order valence-corrected chi connectivity index (χ2v) is 7.76. The normalized spacial score (nSPS) is 11.4. The highest BCUT2D eigenvalue weighted by molar-refractivity contribution is 6.30. The van der Waals surface area contributed by atoms with Crippen LogP contribution in [0.15, 0.2) is 24.3 Å². The maximum Gasteiger partial charge on any atom is 0.255 e. The van der Waals surface area contributed by atoms with Crippen molar-refractivity contribution in [1.82, 2.24) is 15.1 Å². The molecule has 2 aromatic rings. The van der Waals surface area contributed by atoms with Gasteiger partial charge in [0.15, 0.2) is 0 Å². The topological polar surface area (TPSA) is 51.4 Å². The number of carbonyl (C=O) groups excluding carboxylic acids is 1. The number of rotatable bonds is 8. The summed E-state index contributed by atoms with van der Waals surface area (Å²) in [4.78, 5) is 14.2. The molecule has 0 aliphatic carbocycles. The number of hydrogen-bond donors (Lipinski definition) is 2. The number of quaternary nitrogens is 1. The lowest BCUT2D eigenvalue weighted by atomic mass is 10.0. The molecule has 26 heavy (non-hydrogen) atoms. The van der Waals surface area contributed by atoms with Crippen LogP contribution in [0.1, 0.15) is 42.5 Å². The van der Waals surface area contributed by atoms with Crippen molar-refractivity contribution >= 4 is 17.5 Å². The van der Waals surface area contributed by atoms with Gasteiger partial charge in [-0.2, -0.15) is 5.10 Å². The molecule has 1 heterocycles. The number of aromatic nitrogens is 2. The summed E-state index contributed by atoms with van der Waals surface area (Å²) in [5.41, 5.74) is 3.38. The molecule has 0 aliphatic heterocycles. The number of nitrogens with one attached hydrogen (secondary N) is 2. The van der Waals surface area contributed by atoms with Crippen LogP contribution in [0.5, 0.6) is 0 Å². The van der Waals surface area contributed by atoms with Gasteiger partial charge in [-0.05, 0) is 37.0 Å². The molecule has 142 valence electrons. The number of carbonyl (C=O) groups is 1. The number of likely N-dealkylation sites (N-methyl/N-ethyl adjacent to an activating group) is 1.